The number of hydrogen-bond acceptors (Lipinski definition) is 3. The number of anilines is 1. The second-order valence-electron chi connectivity index (χ2n) is 5.09. The maximum Gasteiger partial charge on any atom is 0.226 e. The first-order valence-electron chi connectivity index (χ1n) is 5.88. The number of carbonyl (C=O) groups excluding carboxylic acids is 1. The van der Waals surface area contributed by atoms with E-state index >= 15 is 0 Å². The lowest BCUT2D eigenvalue weighted by Crippen LogP contribution is -2.36. The SMILES string of the molecule is CC(C)(N)CC(=O)Nc1cccc2ncccc12. The fourth-order valence-corrected chi connectivity index (χ4v) is 1.82. The summed E-state index contributed by atoms with van der Waals surface area (Å²) in [6.45, 7) is 3.66. The summed E-state index contributed by atoms with van der Waals surface area (Å²) in [4.78, 5) is 16.1. The highest BCUT2D eigenvalue weighted by Crippen LogP contribution is 2.21. The number of rotatable bonds is 3. The van der Waals surface area contributed by atoms with Crippen molar-refractivity contribution in [3.05, 3.63) is 36.5 Å². The number of nitrogens with two attached hydrogens (primary N) is 1. The molecule has 4 nitrogen and oxygen atoms in total. The number of amides is 1. The molecule has 0 bridgehead atoms. The highest BCUT2D eigenvalue weighted by molar-refractivity contribution is 6.01. The maximum absolute atomic E-state index is 11.9. The number of hydrogen-bond donors (Lipinski definition) is 2. The third-order valence-electron chi connectivity index (χ3n) is 2.54. The summed E-state index contributed by atoms with van der Waals surface area (Å²) in [7, 11) is 0. The molecule has 1 heterocycles. The minimum Gasteiger partial charge on any atom is -0.325 e. The van der Waals surface area contributed by atoms with Crippen LogP contribution >= 0.6 is 0 Å². The second-order valence-corrected chi connectivity index (χ2v) is 5.09. The normalized spacial score (nSPS) is 11.5. The molecule has 1 aromatic heterocycles. The number of carbonyl (C=O) groups is 1. The lowest BCUT2D eigenvalue weighted by molar-refractivity contribution is -0.117. The van der Waals surface area contributed by atoms with Crippen molar-refractivity contribution in [2.45, 2.75) is 25.8 Å². The molecular weight excluding hydrogens is 226 g/mol. The molecular formula is C14H17N3O. The van der Waals surface area contributed by atoms with E-state index in [1.165, 1.54) is 0 Å². The third-order valence-corrected chi connectivity index (χ3v) is 2.54. The molecule has 2 aromatic rings. The zero-order valence-electron chi connectivity index (χ0n) is 10.6. The zero-order chi connectivity index (χ0) is 13.2. The summed E-state index contributed by atoms with van der Waals surface area (Å²) in [5.74, 6) is -0.0844. The molecule has 0 aliphatic heterocycles. The van der Waals surface area contributed by atoms with Crippen LogP contribution in [0.5, 0.6) is 0 Å². The molecule has 0 fully saturated rings. The van der Waals surface area contributed by atoms with Gasteiger partial charge >= 0.3 is 0 Å². The van der Waals surface area contributed by atoms with Crippen LogP contribution in [0.2, 0.25) is 0 Å². The maximum atomic E-state index is 11.9. The van der Waals surface area contributed by atoms with Gasteiger partial charge in [0, 0.05) is 23.5 Å². The summed E-state index contributed by atoms with van der Waals surface area (Å²) in [6.07, 6.45) is 2.01. The minimum atomic E-state index is -0.507. The van der Waals surface area contributed by atoms with Crippen molar-refractivity contribution in [2.24, 2.45) is 5.73 Å². The van der Waals surface area contributed by atoms with Crippen LogP contribution in [0.1, 0.15) is 20.3 Å². The first kappa shape index (κ1) is 12.5. The highest BCUT2D eigenvalue weighted by Gasteiger charge is 2.16. The smallest absolute Gasteiger partial charge is 0.226 e. The van der Waals surface area contributed by atoms with Gasteiger partial charge in [-0.15, -0.1) is 0 Å². The summed E-state index contributed by atoms with van der Waals surface area (Å²) < 4.78 is 0. The van der Waals surface area contributed by atoms with E-state index < -0.39 is 5.54 Å². The third kappa shape index (κ3) is 3.05. The minimum absolute atomic E-state index is 0.0844. The van der Waals surface area contributed by atoms with E-state index in [0.717, 1.165) is 16.6 Å². The first-order valence-corrected chi connectivity index (χ1v) is 5.88. The van der Waals surface area contributed by atoms with Gasteiger partial charge in [0.1, 0.15) is 0 Å². The van der Waals surface area contributed by atoms with Crippen molar-refractivity contribution in [3.63, 3.8) is 0 Å². The quantitative estimate of drug-likeness (QED) is 0.869. The molecule has 0 radical (unpaired) electrons. The van der Waals surface area contributed by atoms with E-state index in [1.807, 2.05) is 44.2 Å². The summed E-state index contributed by atoms with van der Waals surface area (Å²) in [5, 5.41) is 3.82. The number of benzene rings is 1. The van der Waals surface area contributed by atoms with E-state index in [1.54, 1.807) is 6.20 Å². The fourth-order valence-electron chi connectivity index (χ4n) is 1.82. The van der Waals surface area contributed by atoms with Crippen LogP contribution in [0.15, 0.2) is 36.5 Å². The van der Waals surface area contributed by atoms with Gasteiger partial charge in [0.05, 0.1) is 11.2 Å². The summed E-state index contributed by atoms with van der Waals surface area (Å²) in [5.41, 5.74) is 6.96. The Labute approximate surface area is 106 Å². The number of fused-ring (bicyclic) bond motifs is 1. The molecule has 0 spiro atoms. The molecule has 4 heteroatoms. The molecule has 1 amide bonds. The molecule has 0 aliphatic carbocycles. The van der Waals surface area contributed by atoms with Crippen LogP contribution in [0, 0.1) is 0 Å². The van der Waals surface area contributed by atoms with Crippen molar-refractivity contribution in [1.29, 1.82) is 0 Å². The topological polar surface area (TPSA) is 68.0 Å². The largest absolute Gasteiger partial charge is 0.325 e. The standard InChI is InChI=1S/C14H17N3O/c1-14(2,15)9-13(18)17-12-7-3-6-11-10(12)5-4-8-16-11/h3-8H,9,15H2,1-2H3,(H,17,18). The predicted octanol–water partition coefficient (Wildman–Crippen LogP) is 2.30. The van der Waals surface area contributed by atoms with Crippen LogP contribution in [0.3, 0.4) is 0 Å². The van der Waals surface area contributed by atoms with E-state index in [-0.39, 0.29) is 12.3 Å². The fraction of sp³-hybridized carbons (Fsp3) is 0.286. The molecule has 0 saturated carbocycles. The predicted molar refractivity (Wildman–Crippen MR) is 73.3 cm³/mol. The average Bonchev–Trinajstić information content (AvgIpc) is 2.27. The van der Waals surface area contributed by atoms with Gasteiger partial charge in [-0.1, -0.05) is 6.07 Å². The zero-order valence-corrected chi connectivity index (χ0v) is 10.6. The van der Waals surface area contributed by atoms with Gasteiger partial charge in [-0.2, -0.15) is 0 Å². The van der Waals surface area contributed by atoms with E-state index in [2.05, 4.69) is 10.3 Å². The molecule has 2 rings (SSSR count). The van der Waals surface area contributed by atoms with E-state index in [4.69, 9.17) is 5.73 Å². The van der Waals surface area contributed by atoms with Gasteiger partial charge in [-0.25, -0.2) is 0 Å². The first-order chi connectivity index (χ1) is 8.46. The van der Waals surface area contributed by atoms with Crippen LogP contribution < -0.4 is 11.1 Å². The highest BCUT2D eigenvalue weighted by atomic mass is 16.1. The number of nitrogens with one attached hydrogen (secondary N) is 1. The molecule has 0 aliphatic rings. The van der Waals surface area contributed by atoms with Crippen molar-refractivity contribution in [1.82, 2.24) is 4.98 Å². The van der Waals surface area contributed by atoms with Crippen molar-refractivity contribution >= 4 is 22.5 Å². The number of nitrogens with zero attached hydrogens (tertiary/aromatic N) is 1. The van der Waals surface area contributed by atoms with E-state index in [0.29, 0.717) is 0 Å². The number of aromatic nitrogens is 1. The van der Waals surface area contributed by atoms with Gasteiger partial charge < -0.3 is 11.1 Å². The van der Waals surface area contributed by atoms with Crippen LogP contribution in [-0.2, 0) is 4.79 Å². The molecule has 94 valence electrons. The Kier molecular flexibility index (Phi) is 3.30. The Morgan fingerprint density at radius 3 is 2.83 bits per heavy atom. The van der Waals surface area contributed by atoms with Gasteiger partial charge in [-0.05, 0) is 38.1 Å². The van der Waals surface area contributed by atoms with Crippen molar-refractivity contribution < 1.29 is 4.79 Å². The second kappa shape index (κ2) is 4.74. The van der Waals surface area contributed by atoms with Crippen LogP contribution in [0.4, 0.5) is 5.69 Å². The average molecular weight is 243 g/mol. The van der Waals surface area contributed by atoms with Gasteiger partial charge in [0.25, 0.3) is 0 Å². The van der Waals surface area contributed by atoms with E-state index in [9.17, 15) is 4.79 Å². The molecule has 1 aromatic carbocycles. The van der Waals surface area contributed by atoms with Gasteiger partial charge in [-0.3, -0.25) is 9.78 Å². The molecule has 0 atom stereocenters. The molecule has 0 saturated heterocycles. The summed E-state index contributed by atoms with van der Waals surface area (Å²) in [6, 6.07) is 9.44. The lowest BCUT2D eigenvalue weighted by Gasteiger charge is -2.18. The van der Waals surface area contributed by atoms with Crippen molar-refractivity contribution in [2.75, 3.05) is 5.32 Å². The molecule has 3 N–H and O–H groups in total. The Morgan fingerprint density at radius 1 is 1.33 bits per heavy atom. The Balaban J connectivity index is 2.24. The Hall–Kier alpha value is -1.94. The van der Waals surface area contributed by atoms with Crippen LogP contribution in [-0.4, -0.2) is 16.4 Å². The lowest BCUT2D eigenvalue weighted by atomic mass is 10.0. The molecule has 18 heavy (non-hydrogen) atoms. The monoisotopic (exact) mass is 243 g/mol. The Bertz CT molecular complexity index is 567. The Morgan fingerprint density at radius 2 is 2.11 bits per heavy atom. The summed E-state index contributed by atoms with van der Waals surface area (Å²) >= 11 is 0. The van der Waals surface area contributed by atoms with Crippen molar-refractivity contribution in [3.8, 4) is 0 Å². The van der Waals surface area contributed by atoms with Gasteiger partial charge in [0.2, 0.25) is 5.91 Å². The van der Waals surface area contributed by atoms with Crippen LogP contribution in [0.25, 0.3) is 10.9 Å². The molecule has 0 unspecified atom stereocenters. The van der Waals surface area contributed by atoms with Gasteiger partial charge in [0.15, 0.2) is 0 Å². The number of pyridine rings is 1.